The zero-order chi connectivity index (χ0) is 14.5. The lowest BCUT2D eigenvalue weighted by molar-refractivity contribution is 0.195. The molecule has 112 valence electrons. The number of nitrogen functional groups attached to an aromatic ring is 1. The minimum atomic E-state index is 0.709. The summed E-state index contributed by atoms with van der Waals surface area (Å²) in [6.45, 7) is 6.73. The second kappa shape index (κ2) is 6.95. The average Bonchev–Trinajstić information content (AvgIpc) is 2.86. The highest BCUT2D eigenvalue weighted by Crippen LogP contribution is 2.23. The lowest BCUT2D eigenvalue weighted by Gasteiger charge is -2.27. The zero-order valence-electron chi connectivity index (χ0n) is 12.9. The van der Waals surface area contributed by atoms with Gasteiger partial charge in [0, 0.05) is 19.1 Å². The summed E-state index contributed by atoms with van der Waals surface area (Å²) >= 11 is 0. The van der Waals surface area contributed by atoms with Crippen molar-refractivity contribution in [2.75, 3.05) is 39.5 Å². The van der Waals surface area contributed by atoms with Crippen molar-refractivity contribution in [3.05, 3.63) is 23.8 Å². The molecule has 1 aromatic carbocycles. The lowest BCUT2D eigenvalue weighted by atomic mass is 10.1. The third kappa shape index (κ3) is 3.64. The van der Waals surface area contributed by atoms with E-state index >= 15 is 0 Å². The van der Waals surface area contributed by atoms with Crippen LogP contribution in [0.4, 0.5) is 5.69 Å². The third-order valence-electron chi connectivity index (χ3n) is 4.17. The monoisotopic (exact) mass is 277 g/mol. The van der Waals surface area contributed by atoms with Gasteiger partial charge in [-0.3, -0.25) is 4.90 Å². The number of anilines is 1. The first-order chi connectivity index (χ1) is 9.63. The predicted molar refractivity (Wildman–Crippen MR) is 84.0 cm³/mol. The number of likely N-dealkylation sites (tertiary alicyclic amines) is 1. The SMILES string of the molecule is CCN1CCCC1CN(C)Cc1ccc(OC)c(N)c1. The number of nitrogens with two attached hydrogens (primary N) is 1. The first-order valence-electron chi connectivity index (χ1n) is 7.49. The van der Waals surface area contributed by atoms with Gasteiger partial charge in [0.1, 0.15) is 5.75 Å². The van der Waals surface area contributed by atoms with Crippen LogP contribution in [0, 0.1) is 0 Å². The Bertz CT molecular complexity index is 436. The Morgan fingerprint density at radius 2 is 2.25 bits per heavy atom. The van der Waals surface area contributed by atoms with Crippen molar-refractivity contribution in [2.24, 2.45) is 0 Å². The van der Waals surface area contributed by atoms with Gasteiger partial charge in [0.05, 0.1) is 12.8 Å². The fourth-order valence-electron chi connectivity index (χ4n) is 3.14. The molecule has 1 saturated heterocycles. The molecule has 0 amide bonds. The molecule has 2 N–H and O–H groups in total. The van der Waals surface area contributed by atoms with Crippen molar-refractivity contribution in [3.8, 4) is 5.75 Å². The summed E-state index contributed by atoms with van der Waals surface area (Å²) in [5.41, 5.74) is 7.92. The standard InChI is InChI=1S/C16H27N3O/c1-4-19-9-5-6-14(19)12-18(2)11-13-7-8-16(20-3)15(17)10-13/h7-8,10,14H,4-6,9,11-12,17H2,1-3H3. The van der Waals surface area contributed by atoms with Crippen LogP contribution >= 0.6 is 0 Å². The molecule has 0 aromatic heterocycles. The van der Waals surface area contributed by atoms with Gasteiger partial charge in [0.15, 0.2) is 0 Å². The van der Waals surface area contributed by atoms with Gasteiger partial charge in [0.25, 0.3) is 0 Å². The molecular weight excluding hydrogens is 250 g/mol. The molecule has 1 aliphatic heterocycles. The summed E-state index contributed by atoms with van der Waals surface area (Å²) in [5.74, 6) is 0.754. The van der Waals surface area contributed by atoms with Gasteiger partial charge in [-0.2, -0.15) is 0 Å². The molecule has 4 nitrogen and oxygen atoms in total. The van der Waals surface area contributed by atoms with Crippen molar-refractivity contribution in [1.29, 1.82) is 0 Å². The Morgan fingerprint density at radius 3 is 2.90 bits per heavy atom. The predicted octanol–water partition coefficient (Wildman–Crippen LogP) is 2.19. The van der Waals surface area contributed by atoms with E-state index in [2.05, 4.69) is 29.8 Å². The van der Waals surface area contributed by atoms with E-state index in [-0.39, 0.29) is 0 Å². The van der Waals surface area contributed by atoms with Crippen LogP contribution in [0.3, 0.4) is 0 Å². The summed E-state index contributed by atoms with van der Waals surface area (Å²) in [5, 5.41) is 0. The van der Waals surface area contributed by atoms with E-state index in [0.29, 0.717) is 6.04 Å². The summed E-state index contributed by atoms with van der Waals surface area (Å²) in [4.78, 5) is 4.97. The van der Waals surface area contributed by atoms with Crippen LogP contribution in [0.2, 0.25) is 0 Å². The topological polar surface area (TPSA) is 41.7 Å². The Balaban J connectivity index is 1.91. The molecule has 0 bridgehead atoms. The van der Waals surface area contributed by atoms with Crippen molar-refractivity contribution in [1.82, 2.24) is 9.80 Å². The second-order valence-corrected chi connectivity index (χ2v) is 5.70. The Hall–Kier alpha value is -1.26. The highest BCUT2D eigenvalue weighted by atomic mass is 16.5. The van der Waals surface area contributed by atoms with Crippen LogP contribution in [0.15, 0.2) is 18.2 Å². The number of nitrogens with zero attached hydrogens (tertiary/aromatic N) is 2. The van der Waals surface area contributed by atoms with Gasteiger partial charge in [0.2, 0.25) is 0 Å². The molecule has 0 radical (unpaired) electrons. The lowest BCUT2D eigenvalue weighted by Crippen LogP contribution is -2.38. The maximum absolute atomic E-state index is 5.96. The molecule has 20 heavy (non-hydrogen) atoms. The maximum atomic E-state index is 5.96. The number of benzene rings is 1. The van der Waals surface area contributed by atoms with Gasteiger partial charge < -0.3 is 15.4 Å². The molecular formula is C16H27N3O. The highest BCUT2D eigenvalue weighted by molar-refractivity contribution is 5.54. The molecule has 0 aliphatic carbocycles. The van der Waals surface area contributed by atoms with Gasteiger partial charge in [-0.25, -0.2) is 0 Å². The van der Waals surface area contributed by atoms with E-state index in [4.69, 9.17) is 10.5 Å². The van der Waals surface area contributed by atoms with Crippen LogP contribution in [-0.4, -0.2) is 49.6 Å². The molecule has 1 aliphatic rings. The molecule has 2 rings (SSSR count). The molecule has 1 atom stereocenters. The molecule has 1 unspecified atom stereocenters. The van der Waals surface area contributed by atoms with Gasteiger partial charge in [-0.15, -0.1) is 0 Å². The van der Waals surface area contributed by atoms with Crippen molar-refractivity contribution >= 4 is 5.69 Å². The summed E-state index contributed by atoms with van der Waals surface area (Å²) < 4.78 is 5.20. The van der Waals surface area contributed by atoms with Crippen molar-refractivity contribution < 1.29 is 4.74 Å². The van der Waals surface area contributed by atoms with Crippen LogP contribution in [0.1, 0.15) is 25.3 Å². The molecule has 1 fully saturated rings. The van der Waals surface area contributed by atoms with Gasteiger partial charge in [-0.05, 0) is 50.7 Å². The number of rotatable bonds is 6. The summed E-state index contributed by atoms with van der Waals surface area (Å²) in [7, 11) is 3.84. The van der Waals surface area contributed by atoms with Crippen LogP contribution in [0.5, 0.6) is 5.75 Å². The Morgan fingerprint density at radius 1 is 1.45 bits per heavy atom. The van der Waals surface area contributed by atoms with E-state index in [0.717, 1.165) is 31.1 Å². The fraction of sp³-hybridized carbons (Fsp3) is 0.625. The minimum Gasteiger partial charge on any atom is -0.495 e. The zero-order valence-corrected chi connectivity index (χ0v) is 12.9. The molecule has 4 heteroatoms. The first kappa shape index (κ1) is 15.1. The molecule has 1 aromatic rings. The second-order valence-electron chi connectivity index (χ2n) is 5.70. The normalized spacial score (nSPS) is 19.7. The van der Waals surface area contributed by atoms with Gasteiger partial charge >= 0.3 is 0 Å². The van der Waals surface area contributed by atoms with Crippen LogP contribution in [0.25, 0.3) is 0 Å². The molecule has 0 spiro atoms. The van der Waals surface area contributed by atoms with E-state index < -0.39 is 0 Å². The van der Waals surface area contributed by atoms with Gasteiger partial charge in [-0.1, -0.05) is 13.0 Å². The number of hydrogen-bond donors (Lipinski definition) is 1. The summed E-state index contributed by atoms with van der Waals surface area (Å²) in [6.07, 6.45) is 2.66. The number of methoxy groups -OCH3 is 1. The van der Waals surface area contributed by atoms with Crippen molar-refractivity contribution in [3.63, 3.8) is 0 Å². The Labute approximate surface area is 122 Å². The average molecular weight is 277 g/mol. The first-order valence-corrected chi connectivity index (χ1v) is 7.49. The van der Waals surface area contributed by atoms with E-state index in [1.807, 2.05) is 12.1 Å². The Kier molecular flexibility index (Phi) is 5.26. The molecule has 0 saturated carbocycles. The van der Waals surface area contributed by atoms with Crippen molar-refractivity contribution in [2.45, 2.75) is 32.4 Å². The van der Waals surface area contributed by atoms with E-state index in [1.54, 1.807) is 7.11 Å². The number of hydrogen-bond acceptors (Lipinski definition) is 4. The highest BCUT2D eigenvalue weighted by Gasteiger charge is 2.23. The number of likely N-dealkylation sites (N-methyl/N-ethyl adjacent to an activating group) is 2. The maximum Gasteiger partial charge on any atom is 0.141 e. The quantitative estimate of drug-likeness (QED) is 0.809. The van der Waals surface area contributed by atoms with Crippen LogP contribution < -0.4 is 10.5 Å². The smallest absolute Gasteiger partial charge is 0.141 e. The molecule has 1 heterocycles. The third-order valence-corrected chi connectivity index (χ3v) is 4.17. The minimum absolute atomic E-state index is 0.709. The number of ether oxygens (including phenoxy) is 1. The van der Waals surface area contributed by atoms with E-state index in [1.165, 1.54) is 24.9 Å². The largest absolute Gasteiger partial charge is 0.495 e. The summed E-state index contributed by atoms with van der Waals surface area (Å²) in [6, 6.07) is 6.77. The van der Waals surface area contributed by atoms with Crippen LogP contribution in [-0.2, 0) is 6.54 Å². The fourth-order valence-corrected chi connectivity index (χ4v) is 3.14. The van der Waals surface area contributed by atoms with E-state index in [9.17, 15) is 0 Å².